The van der Waals surface area contributed by atoms with Crippen molar-refractivity contribution in [3.63, 3.8) is 0 Å². The zero-order valence-corrected chi connectivity index (χ0v) is 15.9. The molecular weight excluding hydrogens is 504 g/mol. The first kappa shape index (κ1) is 16.6. The molecular formula is C13H15I2NO3S. The Morgan fingerprint density at radius 1 is 1.35 bits per heavy atom. The molecule has 1 aromatic rings. The molecule has 110 valence electrons. The average molecular weight is 519 g/mol. The smallest absolute Gasteiger partial charge is 0.342 e. The number of nitrogens with zero attached hydrogens (tertiary/aromatic N) is 1. The van der Waals surface area contributed by atoms with Crippen LogP contribution in [0, 0.1) is 7.14 Å². The number of carbonyl (C=O) groups excluding carboxylic acids is 1. The third-order valence-corrected chi connectivity index (χ3v) is 5.38. The van der Waals surface area contributed by atoms with Crippen LogP contribution in [0.5, 0.6) is 5.75 Å². The second-order valence-corrected chi connectivity index (χ2v) is 8.01. The lowest BCUT2D eigenvalue weighted by atomic mass is 10.2. The van der Waals surface area contributed by atoms with Crippen LogP contribution in [0.25, 0.3) is 0 Å². The average Bonchev–Trinajstić information content (AvgIpc) is 2.44. The number of halogens is 2. The van der Waals surface area contributed by atoms with Crippen molar-refractivity contribution in [3.8, 4) is 5.75 Å². The standard InChI is InChI=1S/C13H15I2NO3S/c14-9-7-10(12(17)11(15)8-9)13(18)19-4-1-16-2-5-20-6-3-16/h7-8,17H,1-6H2. The SMILES string of the molecule is O=C(OCCN1CCSCC1)c1cc(I)cc(I)c1O. The van der Waals surface area contributed by atoms with E-state index in [1.807, 2.05) is 40.4 Å². The minimum atomic E-state index is -0.453. The molecule has 0 saturated carbocycles. The van der Waals surface area contributed by atoms with Crippen LogP contribution in [0.3, 0.4) is 0 Å². The number of carbonyl (C=O) groups is 1. The van der Waals surface area contributed by atoms with Crippen LogP contribution in [-0.2, 0) is 4.74 Å². The fraction of sp³-hybridized carbons (Fsp3) is 0.462. The van der Waals surface area contributed by atoms with Crippen molar-refractivity contribution >= 4 is 62.9 Å². The molecule has 1 fully saturated rings. The number of rotatable bonds is 4. The number of thioether (sulfide) groups is 1. The quantitative estimate of drug-likeness (QED) is 0.490. The van der Waals surface area contributed by atoms with Crippen LogP contribution in [0.1, 0.15) is 10.4 Å². The maximum absolute atomic E-state index is 12.0. The summed E-state index contributed by atoms with van der Waals surface area (Å²) in [6.07, 6.45) is 0. The van der Waals surface area contributed by atoms with Gasteiger partial charge in [0.2, 0.25) is 0 Å². The number of phenolic OH excluding ortho intramolecular Hbond substituents is 1. The molecule has 20 heavy (non-hydrogen) atoms. The number of aromatic hydroxyl groups is 1. The molecule has 4 nitrogen and oxygen atoms in total. The first-order chi connectivity index (χ1) is 9.58. The molecule has 2 rings (SSSR count). The minimum Gasteiger partial charge on any atom is -0.506 e. The summed E-state index contributed by atoms with van der Waals surface area (Å²) >= 11 is 6.08. The summed E-state index contributed by atoms with van der Waals surface area (Å²) in [7, 11) is 0. The maximum atomic E-state index is 12.0. The van der Waals surface area contributed by atoms with Gasteiger partial charge in [0.1, 0.15) is 17.9 Å². The van der Waals surface area contributed by atoms with Crippen molar-refractivity contribution in [2.75, 3.05) is 37.7 Å². The molecule has 7 heteroatoms. The first-order valence-electron chi connectivity index (χ1n) is 6.23. The summed E-state index contributed by atoms with van der Waals surface area (Å²) in [6.45, 7) is 3.22. The number of ether oxygens (including phenoxy) is 1. The lowest BCUT2D eigenvalue weighted by Crippen LogP contribution is -2.35. The van der Waals surface area contributed by atoms with E-state index in [2.05, 4.69) is 27.5 Å². The molecule has 0 aliphatic carbocycles. The predicted molar refractivity (Wildman–Crippen MR) is 97.6 cm³/mol. The van der Waals surface area contributed by atoms with Crippen molar-refractivity contribution in [2.45, 2.75) is 0 Å². The number of hydrogen-bond acceptors (Lipinski definition) is 5. The van der Waals surface area contributed by atoms with E-state index in [0.717, 1.165) is 34.7 Å². The van der Waals surface area contributed by atoms with Gasteiger partial charge in [-0.3, -0.25) is 4.90 Å². The molecule has 0 radical (unpaired) electrons. The summed E-state index contributed by atoms with van der Waals surface area (Å²) < 4.78 is 6.84. The first-order valence-corrected chi connectivity index (χ1v) is 9.54. The highest BCUT2D eigenvalue weighted by Gasteiger charge is 2.17. The minimum absolute atomic E-state index is 0.00499. The van der Waals surface area contributed by atoms with E-state index in [1.54, 1.807) is 6.07 Å². The van der Waals surface area contributed by atoms with E-state index in [-0.39, 0.29) is 11.3 Å². The van der Waals surface area contributed by atoms with Gasteiger partial charge in [-0.2, -0.15) is 11.8 Å². The Labute approximate surface area is 149 Å². The van der Waals surface area contributed by atoms with E-state index < -0.39 is 5.97 Å². The normalized spacial score (nSPS) is 16.1. The van der Waals surface area contributed by atoms with Crippen LogP contribution in [-0.4, -0.2) is 53.7 Å². The molecule has 0 unspecified atom stereocenters. The maximum Gasteiger partial charge on any atom is 0.342 e. The number of esters is 1. The topological polar surface area (TPSA) is 49.8 Å². The molecule has 0 bridgehead atoms. The molecule has 1 N–H and O–H groups in total. The van der Waals surface area contributed by atoms with Gasteiger partial charge in [0.05, 0.1) is 3.57 Å². The highest BCUT2D eigenvalue weighted by atomic mass is 127. The van der Waals surface area contributed by atoms with Gasteiger partial charge in [-0.1, -0.05) is 0 Å². The van der Waals surface area contributed by atoms with E-state index in [1.165, 1.54) is 0 Å². The highest BCUT2D eigenvalue weighted by molar-refractivity contribution is 14.1. The Kier molecular flexibility index (Phi) is 6.69. The Hall–Kier alpha value is 0.260. The van der Waals surface area contributed by atoms with E-state index >= 15 is 0 Å². The fourth-order valence-electron chi connectivity index (χ4n) is 1.89. The van der Waals surface area contributed by atoms with Gasteiger partial charge in [0, 0.05) is 34.7 Å². The van der Waals surface area contributed by atoms with Crippen molar-refractivity contribution in [1.29, 1.82) is 0 Å². The van der Waals surface area contributed by atoms with Crippen LogP contribution in [0.2, 0.25) is 0 Å². The molecule has 0 amide bonds. The number of phenols is 1. The van der Waals surface area contributed by atoms with Gasteiger partial charge in [-0.05, 0) is 57.3 Å². The summed E-state index contributed by atoms with van der Waals surface area (Å²) in [4.78, 5) is 14.3. The monoisotopic (exact) mass is 519 g/mol. The summed E-state index contributed by atoms with van der Waals surface area (Å²) in [5, 5.41) is 9.92. The molecule has 0 spiro atoms. The Balaban J connectivity index is 1.88. The summed E-state index contributed by atoms with van der Waals surface area (Å²) in [6, 6.07) is 3.47. The Morgan fingerprint density at radius 3 is 2.75 bits per heavy atom. The fourth-order valence-corrected chi connectivity index (χ4v) is 4.71. The second-order valence-electron chi connectivity index (χ2n) is 4.37. The van der Waals surface area contributed by atoms with Crippen molar-refractivity contribution in [3.05, 3.63) is 24.8 Å². The van der Waals surface area contributed by atoms with Crippen LogP contribution >= 0.6 is 56.9 Å². The van der Waals surface area contributed by atoms with Crippen LogP contribution < -0.4 is 0 Å². The lowest BCUT2D eigenvalue weighted by molar-refractivity contribution is 0.0463. The van der Waals surface area contributed by atoms with Crippen molar-refractivity contribution in [2.24, 2.45) is 0 Å². The number of hydrogen-bond donors (Lipinski definition) is 1. The van der Waals surface area contributed by atoms with Gasteiger partial charge < -0.3 is 9.84 Å². The highest BCUT2D eigenvalue weighted by Crippen LogP contribution is 2.27. The van der Waals surface area contributed by atoms with Gasteiger partial charge in [-0.15, -0.1) is 0 Å². The third-order valence-electron chi connectivity index (χ3n) is 2.99. The van der Waals surface area contributed by atoms with Crippen LogP contribution in [0.15, 0.2) is 12.1 Å². The molecule has 1 aliphatic rings. The summed E-state index contributed by atoms with van der Waals surface area (Å²) in [5.41, 5.74) is 0.246. The van der Waals surface area contributed by atoms with Gasteiger partial charge in [0.25, 0.3) is 0 Å². The summed E-state index contributed by atoms with van der Waals surface area (Å²) in [5.74, 6) is 1.84. The van der Waals surface area contributed by atoms with Gasteiger partial charge in [-0.25, -0.2) is 4.79 Å². The lowest BCUT2D eigenvalue weighted by Gasteiger charge is -2.25. The van der Waals surface area contributed by atoms with Gasteiger partial charge >= 0.3 is 5.97 Å². The Bertz CT molecular complexity index is 493. The molecule has 0 aromatic heterocycles. The van der Waals surface area contributed by atoms with Crippen LogP contribution in [0.4, 0.5) is 0 Å². The molecule has 1 saturated heterocycles. The number of benzene rings is 1. The molecule has 1 aromatic carbocycles. The Morgan fingerprint density at radius 2 is 2.05 bits per heavy atom. The van der Waals surface area contributed by atoms with E-state index in [9.17, 15) is 9.90 Å². The van der Waals surface area contributed by atoms with E-state index in [4.69, 9.17) is 4.74 Å². The van der Waals surface area contributed by atoms with Gasteiger partial charge in [0.15, 0.2) is 0 Å². The molecule has 1 aliphatic heterocycles. The third kappa shape index (κ3) is 4.63. The zero-order valence-electron chi connectivity index (χ0n) is 10.8. The second kappa shape index (κ2) is 8.04. The largest absolute Gasteiger partial charge is 0.506 e. The van der Waals surface area contributed by atoms with E-state index in [0.29, 0.717) is 10.2 Å². The molecule has 1 heterocycles. The van der Waals surface area contributed by atoms with Crippen molar-refractivity contribution in [1.82, 2.24) is 4.90 Å². The zero-order chi connectivity index (χ0) is 14.5. The predicted octanol–water partition coefficient (Wildman–Crippen LogP) is 2.81. The molecule has 0 atom stereocenters. The van der Waals surface area contributed by atoms with Crippen molar-refractivity contribution < 1.29 is 14.6 Å².